The molecule has 0 unspecified atom stereocenters. The van der Waals surface area contributed by atoms with Gasteiger partial charge < -0.3 is 5.21 Å². The van der Waals surface area contributed by atoms with Crippen LogP contribution in [-0.4, -0.2) is 16.7 Å². The topological polar surface area (TPSA) is 49.7 Å². The number of fused-ring (bicyclic) bond motifs is 1. The zero-order valence-electron chi connectivity index (χ0n) is 11.0. The van der Waals surface area contributed by atoms with Crippen LogP contribution in [0.5, 0.6) is 0 Å². The second-order valence-corrected chi connectivity index (χ2v) is 4.97. The van der Waals surface area contributed by atoms with Gasteiger partial charge in [-0.1, -0.05) is 59.8 Å². The summed E-state index contributed by atoms with van der Waals surface area (Å²) in [5.41, 5.74) is 3.09. The first-order valence-corrected chi connectivity index (χ1v) is 6.70. The highest BCUT2D eigenvalue weighted by Crippen LogP contribution is 2.34. The molecule has 0 spiro atoms. The van der Waals surface area contributed by atoms with Crippen LogP contribution in [0.2, 0.25) is 0 Å². The van der Waals surface area contributed by atoms with E-state index in [-0.39, 0.29) is 17.4 Å². The van der Waals surface area contributed by atoms with E-state index >= 15 is 0 Å². The molecule has 3 heteroatoms. The van der Waals surface area contributed by atoms with Crippen molar-refractivity contribution in [2.75, 3.05) is 0 Å². The number of nitrogens with zero attached hydrogens (tertiary/aromatic N) is 1. The van der Waals surface area contributed by atoms with E-state index in [4.69, 9.17) is 5.21 Å². The third-order valence-electron chi connectivity index (χ3n) is 3.84. The number of benzene rings is 2. The van der Waals surface area contributed by atoms with Gasteiger partial charge in [-0.3, -0.25) is 4.79 Å². The van der Waals surface area contributed by atoms with E-state index < -0.39 is 0 Å². The van der Waals surface area contributed by atoms with Crippen molar-refractivity contribution in [2.45, 2.75) is 18.8 Å². The summed E-state index contributed by atoms with van der Waals surface area (Å²) >= 11 is 0. The van der Waals surface area contributed by atoms with Crippen LogP contribution in [0, 0.1) is 0 Å². The normalized spacial score (nSPS) is 20.5. The highest BCUT2D eigenvalue weighted by Gasteiger charge is 2.28. The minimum Gasteiger partial charge on any atom is -0.411 e. The number of Topliss-reactive ketones (excluding diaryl/α,β-unsaturated/α-hetero) is 1. The molecule has 2 aromatic carbocycles. The molecule has 3 nitrogen and oxygen atoms in total. The molecule has 0 aromatic heterocycles. The Morgan fingerprint density at radius 3 is 2.45 bits per heavy atom. The molecule has 2 aromatic rings. The summed E-state index contributed by atoms with van der Waals surface area (Å²) in [6, 6.07) is 17.7. The summed E-state index contributed by atoms with van der Waals surface area (Å²) < 4.78 is 0. The number of rotatable bonds is 1. The number of oxime groups is 1. The fraction of sp³-hybridized carbons (Fsp3) is 0.176. The Labute approximate surface area is 117 Å². The summed E-state index contributed by atoms with van der Waals surface area (Å²) in [4.78, 5) is 12.4. The second-order valence-electron chi connectivity index (χ2n) is 4.97. The molecular weight excluding hydrogens is 250 g/mol. The molecule has 0 saturated heterocycles. The summed E-state index contributed by atoms with van der Waals surface area (Å²) in [6.45, 7) is 0. The van der Waals surface area contributed by atoms with Gasteiger partial charge in [0.2, 0.25) is 5.78 Å². The molecule has 1 aliphatic rings. The van der Waals surface area contributed by atoms with Gasteiger partial charge in [0, 0.05) is 11.5 Å². The summed E-state index contributed by atoms with van der Waals surface area (Å²) in [6.07, 6.45) is 1.26. The number of carbonyl (C=O) groups is 1. The van der Waals surface area contributed by atoms with Crippen LogP contribution in [0.3, 0.4) is 0 Å². The molecular formula is C17H15NO2. The molecule has 0 fully saturated rings. The van der Waals surface area contributed by atoms with E-state index in [1.54, 1.807) is 0 Å². The molecule has 20 heavy (non-hydrogen) atoms. The SMILES string of the molecule is O=C1/C(=N\O)CC[C@@H](c2ccccc2)c2ccccc21. The third-order valence-corrected chi connectivity index (χ3v) is 3.84. The first-order valence-electron chi connectivity index (χ1n) is 6.70. The highest BCUT2D eigenvalue weighted by molar-refractivity contribution is 6.46. The average Bonchev–Trinajstić information content (AvgIpc) is 2.65. The van der Waals surface area contributed by atoms with Crippen molar-refractivity contribution in [1.82, 2.24) is 0 Å². The molecule has 1 atom stereocenters. The fourth-order valence-electron chi connectivity index (χ4n) is 2.84. The largest absolute Gasteiger partial charge is 0.411 e. The second kappa shape index (κ2) is 5.29. The fourth-order valence-corrected chi connectivity index (χ4v) is 2.84. The van der Waals surface area contributed by atoms with Crippen LogP contribution in [0.15, 0.2) is 59.8 Å². The maximum Gasteiger partial charge on any atom is 0.210 e. The van der Waals surface area contributed by atoms with E-state index in [9.17, 15) is 4.79 Å². The lowest BCUT2D eigenvalue weighted by Crippen LogP contribution is -2.13. The molecule has 1 aliphatic carbocycles. The summed E-state index contributed by atoms with van der Waals surface area (Å²) in [5, 5.41) is 12.2. The maximum absolute atomic E-state index is 12.4. The van der Waals surface area contributed by atoms with Gasteiger partial charge in [0.15, 0.2) is 0 Å². The lowest BCUT2D eigenvalue weighted by molar-refractivity contribution is 0.106. The van der Waals surface area contributed by atoms with Gasteiger partial charge >= 0.3 is 0 Å². The Balaban J connectivity index is 2.15. The third kappa shape index (κ3) is 2.11. The van der Waals surface area contributed by atoms with Gasteiger partial charge in [0.05, 0.1) is 0 Å². The van der Waals surface area contributed by atoms with Crippen molar-refractivity contribution >= 4 is 11.5 Å². The number of carbonyl (C=O) groups excluding carboxylic acids is 1. The Hall–Kier alpha value is -2.42. The molecule has 0 bridgehead atoms. The first-order chi connectivity index (χ1) is 9.81. The van der Waals surface area contributed by atoms with Crippen molar-refractivity contribution in [3.05, 3.63) is 71.3 Å². The van der Waals surface area contributed by atoms with Crippen LogP contribution >= 0.6 is 0 Å². The van der Waals surface area contributed by atoms with E-state index in [2.05, 4.69) is 17.3 Å². The maximum atomic E-state index is 12.4. The van der Waals surface area contributed by atoms with Gasteiger partial charge in [0.25, 0.3) is 0 Å². The van der Waals surface area contributed by atoms with Gasteiger partial charge in [-0.05, 0) is 24.0 Å². The van der Waals surface area contributed by atoms with Crippen LogP contribution in [0.25, 0.3) is 0 Å². The molecule has 100 valence electrons. The predicted octanol–water partition coefficient (Wildman–Crippen LogP) is 3.63. The van der Waals surface area contributed by atoms with Gasteiger partial charge in [-0.25, -0.2) is 0 Å². The molecule has 0 radical (unpaired) electrons. The van der Waals surface area contributed by atoms with Gasteiger partial charge in [-0.2, -0.15) is 0 Å². The van der Waals surface area contributed by atoms with Crippen LogP contribution in [0.1, 0.15) is 40.2 Å². The number of ketones is 1. The predicted molar refractivity (Wildman–Crippen MR) is 77.5 cm³/mol. The van der Waals surface area contributed by atoms with E-state index in [0.29, 0.717) is 12.0 Å². The lowest BCUT2D eigenvalue weighted by Gasteiger charge is -2.17. The van der Waals surface area contributed by atoms with Crippen molar-refractivity contribution < 1.29 is 10.0 Å². The lowest BCUT2D eigenvalue weighted by atomic mass is 9.86. The number of hydrogen-bond donors (Lipinski definition) is 1. The quantitative estimate of drug-likeness (QED) is 0.486. The highest BCUT2D eigenvalue weighted by atomic mass is 16.4. The van der Waals surface area contributed by atoms with E-state index in [1.807, 2.05) is 42.5 Å². The monoisotopic (exact) mass is 265 g/mol. The number of hydrogen-bond acceptors (Lipinski definition) is 3. The molecule has 0 heterocycles. The van der Waals surface area contributed by atoms with Gasteiger partial charge in [0.1, 0.15) is 5.71 Å². The smallest absolute Gasteiger partial charge is 0.210 e. The Kier molecular flexibility index (Phi) is 3.33. The molecule has 3 rings (SSSR count). The Morgan fingerprint density at radius 2 is 1.70 bits per heavy atom. The van der Waals surface area contributed by atoms with Crippen molar-refractivity contribution in [1.29, 1.82) is 0 Å². The Morgan fingerprint density at radius 1 is 1.00 bits per heavy atom. The van der Waals surface area contributed by atoms with E-state index in [0.717, 1.165) is 12.0 Å². The zero-order valence-corrected chi connectivity index (χ0v) is 11.0. The van der Waals surface area contributed by atoms with Crippen molar-refractivity contribution in [3.63, 3.8) is 0 Å². The van der Waals surface area contributed by atoms with Gasteiger partial charge in [-0.15, -0.1) is 0 Å². The molecule has 0 aliphatic heterocycles. The Bertz CT molecular complexity index is 662. The van der Waals surface area contributed by atoms with Crippen LogP contribution in [-0.2, 0) is 0 Å². The zero-order chi connectivity index (χ0) is 13.9. The summed E-state index contributed by atoms with van der Waals surface area (Å²) in [7, 11) is 0. The standard InChI is InChI=1S/C17H15NO2/c19-17-15-9-5-4-8-14(15)13(10-11-16(17)18-20)12-6-2-1-3-7-12/h1-9,13,20H,10-11H2/b18-16-/t13-/m0/s1. The molecule has 1 N–H and O–H groups in total. The van der Waals surface area contributed by atoms with Crippen molar-refractivity contribution in [2.24, 2.45) is 5.16 Å². The first kappa shape index (κ1) is 12.6. The average molecular weight is 265 g/mol. The minimum atomic E-state index is -0.165. The minimum absolute atomic E-state index is 0.163. The molecule has 0 amide bonds. The van der Waals surface area contributed by atoms with Crippen molar-refractivity contribution in [3.8, 4) is 0 Å². The van der Waals surface area contributed by atoms with E-state index in [1.165, 1.54) is 5.56 Å². The summed E-state index contributed by atoms with van der Waals surface area (Å²) in [5.74, 6) is -0.00266. The molecule has 0 saturated carbocycles. The van der Waals surface area contributed by atoms with Crippen LogP contribution in [0.4, 0.5) is 0 Å². The van der Waals surface area contributed by atoms with Crippen LogP contribution < -0.4 is 0 Å².